The van der Waals surface area contributed by atoms with Gasteiger partial charge in [0.05, 0.1) is 53.8 Å². The number of phenols is 2. The van der Waals surface area contributed by atoms with Crippen molar-refractivity contribution in [1.29, 1.82) is 0 Å². The number of benzene rings is 4. The van der Waals surface area contributed by atoms with Gasteiger partial charge in [-0.2, -0.15) is 0 Å². The summed E-state index contributed by atoms with van der Waals surface area (Å²) in [7, 11) is 8.83. The zero-order valence-electron chi connectivity index (χ0n) is 28.2. The highest BCUT2D eigenvalue weighted by Crippen LogP contribution is 2.51. The number of aryl methyl sites for hydroxylation is 1. The molecule has 0 unspecified atom stereocenters. The van der Waals surface area contributed by atoms with E-state index in [1.807, 2.05) is 0 Å². The number of Topliss-reactive ketones (excluding diaryl/α,β-unsaturated/α-hetero) is 1. The van der Waals surface area contributed by atoms with Crippen molar-refractivity contribution in [1.82, 2.24) is 0 Å². The average molecular weight is 655 g/mol. The molecule has 0 radical (unpaired) electrons. The molecule has 0 spiro atoms. The van der Waals surface area contributed by atoms with Crippen molar-refractivity contribution in [2.24, 2.45) is 0 Å². The molecule has 48 heavy (non-hydrogen) atoms. The minimum atomic E-state index is -0.615. The van der Waals surface area contributed by atoms with Gasteiger partial charge in [0, 0.05) is 40.7 Å². The zero-order chi connectivity index (χ0) is 34.9. The Kier molecular flexibility index (Phi) is 9.56. The molecule has 0 amide bonds. The second-order valence-electron chi connectivity index (χ2n) is 11.2. The molecule has 0 fully saturated rings. The normalized spacial score (nSPS) is 12.0. The molecule has 0 heterocycles. The Morgan fingerprint density at radius 1 is 0.688 bits per heavy atom. The van der Waals surface area contributed by atoms with Gasteiger partial charge in [0.25, 0.3) is 0 Å². The molecule has 1 aliphatic carbocycles. The fourth-order valence-electron chi connectivity index (χ4n) is 6.49. The minimum Gasteiger partial charge on any atom is -0.507 e. The molecule has 0 saturated heterocycles. The van der Waals surface area contributed by atoms with Gasteiger partial charge in [0.15, 0.2) is 5.78 Å². The topological polar surface area (TPSA) is 130 Å². The van der Waals surface area contributed by atoms with E-state index in [1.165, 1.54) is 48.7 Å². The first kappa shape index (κ1) is 33.7. The Balaban J connectivity index is 1.77. The molecule has 4 aromatic rings. The highest BCUT2D eigenvalue weighted by molar-refractivity contribution is 6.17. The molecule has 0 saturated carbocycles. The second kappa shape index (κ2) is 13.6. The summed E-state index contributed by atoms with van der Waals surface area (Å²) in [6, 6.07) is 13.4. The maximum Gasteiger partial charge on any atom is 0.204 e. The molecule has 250 valence electrons. The fourth-order valence-corrected chi connectivity index (χ4v) is 6.49. The number of ether oxygens (including phenoxy) is 6. The third-order valence-electron chi connectivity index (χ3n) is 8.71. The van der Waals surface area contributed by atoms with Crippen LogP contribution in [0, 0.1) is 13.8 Å². The Morgan fingerprint density at radius 3 is 1.75 bits per heavy atom. The summed E-state index contributed by atoms with van der Waals surface area (Å²) < 4.78 is 33.7. The van der Waals surface area contributed by atoms with E-state index in [0.717, 1.165) is 0 Å². The van der Waals surface area contributed by atoms with Gasteiger partial charge in [-0.1, -0.05) is 12.1 Å². The number of phenolic OH excluding ortho intramolecular Hbond substituents is 2. The van der Waals surface area contributed by atoms with E-state index in [-0.39, 0.29) is 64.1 Å². The number of ketones is 2. The Bertz CT molecular complexity index is 1930. The molecule has 10 nitrogen and oxygen atoms in total. The van der Waals surface area contributed by atoms with Crippen LogP contribution in [0.25, 0.3) is 5.57 Å². The summed E-state index contributed by atoms with van der Waals surface area (Å²) >= 11 is 0. The van der Waals surface area contributed by atoms with Gasteiger partial charge < -0.3 is 38.6 Å². The average Bonchev–Trinajstić information content (AvgIpc) is 3.47. The number of hydrogen-bond donors (Lipinski definition) is 2. The Morgan fingerprint density at radius 2 is 1.23 bits per heavy atom. The van der Waals surface area contributed by atoms with Crippen LogP contribution < -0.4 is 28.4 Å². The van der Waals surface area contributed by atoms with E-state index in [2.05, 4.69) is 0 Å². The molecule has 5 rings (SSSR count). The monoisotopic (exact) mass is 654 g/mol. The lowest BCUT2D eigenvalue weighted by atomic mass is 9.88. The van der Waals surface area contributed by atoms with Crippen molar-refractivity contribution in [2.45, 2.75) is 26.7 Å². The summed E-state index contributed by atoms with van der Waals surface area (Å²) in [6.45, 7) is 3.45. The van der Waals surface area contributed by atoms with E-state index in [1.54, 1.807) is 56.3 Å². The van der Waals surface area contributed by atoms with E-state index in [4.69, 9.17) is 28.4 Å². The minimum absolute atomic E-state index is 0.0416. The van der Waals surface area contributed by atoms with Crippen molar-refractivity contribution < 1.29 is 48.2 Å². The third-order valence-corrected chi connectivity index (χ3v) is 8.71. The molecule has 0 atom stereocenters. The molecule has 0 aliphatic heterocycles. The van der Waals surface area contributed by atoms with Crippen molar-refractivity contribution in [3.63, 3.8) is 0 Å². The molecule has 2 N–H and O–H groups in total. The van der Waals surface area contributed by atoms with Crippen molar-refractivity contribution in [2.75, 3.05) is 42.7 Å². The molecule has 0 aromatic heterocycles. The van der Waals surface area contributed by atoms with Gasteiger partial charge in [-0.15, -0.1) is 0 Å². The highest BCUT2D eigenvalue weighted by Gasteiger charge is 2.36. The number of rotatable bonds is 12. The van der Waals surface area contributed by atoms with Gasteiger partial charge in [0.2, 0.25) is 5.78 Å². The van der Waals surface area contributed by atoms with E-state index in [9.17, 15) is 19.8 Å². The third kappa shape index (κ3) is 5.53. The first-order valence-corrected chi connectivity index (χ1v) is 15.1. The fraction of sp³-hybridized carbons (Fsp3) is 0.263. The first-order valence-electron chi connectivity index (χ1n) is 15.1. The van der Waals surface area contributed by atoms with Gasteiger partial charge in [-0.3, -0.25) is 9.59 Å². The van der Waals surface area contributed by atoms with Gasteiger partial charge in [-0.05, 0) is 61.4 Å². The summed E-state index contributed by atoms with van der Waals surface area (Å²) in [4.78, 5) is 29.0. The van der Waals surface area contributed by atoms with Crippen LogP contribution in [-0.4, -0.2) is 64.4 Å². The van der Waals surface area contributed by atoms with Gasteiger partial charge >= 0.3 is 0 Å². The first-order chi connectivity index (χ1) is 23.1. The van der Waals surface area contributed by atoms with Crippen molar-refractivity contribution in [3.8, 4) is 46.0 Å². The quantitative estimate of drug-likeness (QED) is 0.171. The maximum atomic E-state index is 14.7. The molecule has 1 aliphatic rings. The van der Waals surface area contributed by atoms with Gasteiger partial charge in [-0.25, -0.2) is 0 Å². The number of carbonyl (C=O) groups excluding carboxylic acids is 2. The number of carbonyl (C=O) groups is 2. The van der Waals surface area contributed by atoms with Crippen LogP contribution in [0.3, 0.4) is 0 Å². The summed E-state index contributed by atoms with van der Waals surface area (Å²) in [5, 5.41) is 22.8. The summed E-state index contributed by atoms with van der Waals surface area (Å²) in [6.07, 6.45) is -0.198. The smallest absolute Gasteiger partial charge is 0.204 e. The summed E-state index contributed by atoms with van der Waals surface area (Å²) in [5.74, 6) is 0.694. The number of hydrogen-bond acceptors (Lipinski definition) is 10. The number of fused-ring (bicyclic) bond motifs is 1. The van der Waals surface area contributed by atoms with Crippen LogP contribution in [0.4, 0.5) is 0 Å². The van der Waals surface area contributed by atoms with Crippen molar-refractivity contribution in [3.05, 3.63) is 98.6 Å². The zero-order valence-corrected chi connectivity index (χ0v) is 28.2. The lowest BCUT2D eigenvalue weighted by Crippen LogP contribution is -2.16. The largest absolute Gasteiger partial charge is 0.507 e. The van der Waals surface area contributed by atoms with Crippen LogP contribution in [0.5, 0.6) is 46.0 Å². The molecular formula is C38H38O10. The van der Waals surface area contributed by atoms with E-state index in [0.29, 0.717) is 56.2 Å². The standard InChI is InChI=1S/C38H38O10/c1-19-15-25(40)32(37(42)35-28(45-5)13-10-14-29(35)46-6)23(38(19)48-8)18-24(39)22-16-21-17-30(47-7)20(2)36(41)31(21)33(22)34-26(43-3)11-9-12-27(34)44-4/h9-15,17,40-41H,16,18H2,1-8H3. The molecule has 4 aromatic carbocycles. The van der Waals surface area contributed by atoms with Crippen LogP contribution in [-0.2, 0) is 17.6 Å². The van der Waals surface area contributed by atoms with E-state index < -0.39 is 5.78 Å². The lowest BCUT2D eigenvalue weighted by molar-refractivity contribution is -0.115. The SMILES string of the molecule is COc1cc2c(c(O)c1C)C(c1c(OC)cccc1OC)=C(C(=O)Cc1c(OC)c(C)cc(O)c1C(=O)c1c(OC)cccc1OC)C2. The predicted molar refractivity (Wildman–Crippen MR) is 180 cm³/mol. The highest BCUT2D eigenvalue weighted by atomic mass is 16.5. The number of methoxy groups -OCH3 is 6. The Hall–Kier alpha value is -5.64. The van der Waals surface area contributed by atoms with Crippen LogP contribution >= 0.6 is 0 Å². The van der Waals surface area contributed by atoms with Gasteiger partial charge in [0.1, 0.15) is 51.6 Å². The maximum absolute atomic E-state index is 14.7. The molecular weight excluding hydrogens is 616 g/mol. The molecule has 10 heteroatoms. The van der Waals surface area contributed by atoms with Crippen molar-refractivity contribution >= 4 is 17.1 Å². The van der Waals surface area contributed by atoms with Crippen LogP contribution in [0.1, 0.15) is 49.3 Å². The second-order valence-corrected chi connectivity index (χ2v) is 11.2. The summed E-state index contributed by atoms with van der Waals surface area (Å²) in [5.41, 5.74) is 3.54. The van der Waals surface area contributed by atoms with E-state index >= 15 is 0 Å². The van der Waals surface area contributed by atoms with Crippen LogP contribution in [0.2, 0.25) is 0 Å². The van der Waals surface area contributed by atoms with Crippen LogP contribution in [0.15, 0.2) is 54.1 Å². The predicted octanol–water partition coefficient (Wildman–Crippen LogP) is 6.17. The molecule has 0 bridgehead atoms. The Labute approximate surface area is 279 Å². The number of allylic oxidation sites excluding steroid dienone is 1. The number of aromatic hydroxyl groups is 2. The lowest BCUT2D eigenvalue weighted by Gasteiger charge is -2.20.